The number of nitrogen functional groups attached to an aromatic ring is 1. The van der Waals surface area contributed by atoms with Crippen LogP contribution in [0, 0.1) is 6.92 Å². The van der Waals surface area contributed by atoms with Gasteiger partial charge in [0, 0.05) is 36.8 Å². The summed E-state index contributed by atoms with van der Waals surface area (Å²) in [6, 6.07) is 5.43. The molecular formula is C19H30BrN3O. The number of benzene rings is 1. The zero-order chi connectivity index (χ0) is 17.1. The molecule has 0 unspecified atom stereocenters. The first kappa shape index (κ1) is 18.0. The van der Waals surface area contributed by atoms with Crippen molar-refractivity contribution < 1.29 is 4.74 Å². The molecule has 24 heavy (non-hydrogen) atoms. The minimum Gasteiger partial charge on any atom is -0.397 e. The molecule has 1 aliphatic heterocycles. The summed E-state index contributed by atoms with van der Waals surface area (Å²) in [4.78, 5) is 2.69. The van der Waals surface area contributed by atoms with Gasteiger partial charge in [-0.05, 0) is 63.1 Å². The van der Waals surface area contributed by atoms with E-state index in [4.69, 9.17) is 10.5 Å². The SMILES string of the molecule is CO[C@H]1CC[C@H](N2CCC(Nc3cc(Br)c(C)cc3N)CC2)CC1. The van der Waals surface area contributed by atoms with Crippen LogP contribution < -0.4 is 11.1 Å². The topological polar surface area (TPSA) is 50.5 Å². The van der Waals surface area contributed by atoms with E-state index in [1.807, 2.05) is 13.2 Å². The van der Waals surface area contributed by atoms with E-state index in [0.29, 0.717) is 12.1 Å². The number of hydrogen-bond acceptors (Lipinski definition) is 4. The Balaban J connectivity index is 1.50. The molecular weight excluding hydrogens is 366 g/mol. The number of nitrogens with one attached hydrogen (secondary N) is 1. The van der Waals surface area contributed by atoms with Crippen molar-refractivity contribution in [1.82, 2.24) is 4.90 Å². The van der Waals surface area contributed by atoms with E-state index >= 15 is 0 Å². The molecule has 0 atom stereocenters. The summed E-state index contributed by atoms with van der Waals surface area (Å²) < 4.78 is 6.61. The van der Waals surface area contributed by atoms with Gasteiger partial charge in [-0.3, -0.25) is 0 Å². The van der Waals surface area contributed by atoms with E-state index in [1.165, 1.54) is 57.2 Å². The minimum atomic E-state index is 0.489. The molecule has 5 heteroatoms. The van der Waals surface area contributed by atoms with Gasteiger partial charge >= 0.3 is 0 Å². The van der Waals surface area contributed by atoms with Crippen LogP contribution in [0.2, 0.25) is 0 Å². The van der Waals surface area contributed by atoms with Crippen molar-refractivity contribution >= 4 is 27.3 Å². The van der Waals surface area contributed by atoms with Crippen molar-refractivity contribution in [3.8, 4) is 0 Å². The molecule has 0 spiro atoms. The maximum atomic E-state index is 6.17. The predicted molar refractivity (Wildman–Crippen MR) is 105 cm³/mol. The second kappa shape index (κ2) is 8.07. The van der Waals surface area contributed by atoms with Crippen LogP contribution in [-0.4, -0.2) is 43.3 Å². The Morgan fingerprint density at radius 3 is 2.42 bits per heavy atom. The Kier molecular flexibility index (Phi) is 6.06. The van der Waals surface area contributed by atoms with Gasteiger partial charge in [0.05, 0.1) is 17.5 Å². The van der Waals surface area contributed by atoms with Crippen LogP contribution in [0.3, 0.4) is 0 Å². The number of aryl methyl sites for hydroxylation is 1. The summed E-state index contributed by atoms with van der Waals surface area (Å²) in [5, 5.41) is 3.66. The van der Waals surface area contributed by atoms with Crippen LogP contribution in [0.5, 0.6) is 0 Å². The first-order chi connectivity index (χ1) is 11.6. The molecule has 2 aliphatic rings. The van der Waals surface area contributed by atoms with Gasteiger partial charge in [-0.15, -0.1) is 0 Å². The van der Waals surface area contributed by atoms with E-state index in [2.05, 4.69) is 39.1 Å². The molecule has 3 rings (SSSR count). The van der Waals surface area contributed by atoms with Gasteiger partial charge in [0.15, 0.2) is 0 Å². The second-order valence-electron chi connectivity index (χ2n) is 7.31. The van der Waals surface area contributed by atoms with E-state index in [9.17, 15) is 0 Å². The van der Waals surface area contributed by atoms with Crippen LogP contribution in [0.4, 0.5) is 11.4 Å². The maximum Gasteiger partial charge on any atom is 0.0587 e. The number of anilines is 2. The third-order valence-corrected chi connectivity index (χ3v) is 6.57. The lowest BCUT2D eigenvalue weighted by Gasteiger charge is -2.41. The highest BCUT2D eigenvalue weighted by atomic mass is 79.9. The lowest BCUT2D eigenvalue weighted by molar-refractivity contribution is 0.0329. The standard InChI is InChI=1S/C19H30BrN3O/c1-13-11-18(21)19(12-17(13)20)22-14-7-9-23(10-8-14)15-3-5-16(24-2)6-4-15/h11-12,14-16,22H,3-10,21H2,1-2H3/t15-,16-. The Morgan fingerprint density at radius 2 is 1.79 bits per heavy atom. The molecule has 134 valence electrons. The summed E-state index contributed by atoms with van der Waals surface area (Å²) >= 11 is 3.60. The molecule has 1 saturated heterocycles. The van der Waals surface area contributed by atoms with Crippen molar-refractivity contribution in [3.05, 3.63) is 22.2 Å². The van der Waals surface area contributed by atoms with E-state index in [0.717, 1.165) is 21.9 Å². The van der Waals surface area contributed by atoms with Gasteiger partial charge in [0.25, 0.3) is 0 Å². The average molecular weight is 396 g/mol. The van der Waals surface area contributed by atoms with Gasteiger partial charge in [-0.1, -0.05) is 15.9 Å². The van der Waals surface area contributed by atoms with E-state index < -0.39 is 0 Å². The van der Waals surface area contributed by atoms with Gasteiger partial charge in [-0.2, -0.15) is 0 Å². The molecule has 2 fully saturated rings. The van der Waals surface area contributed by atoms with E-state index in [-0.39, 0.29) is 0 Å². The number of likely N-dealkylation sites (tertiary alicyclic amines) is 1. The van der Waals surface area contributed by atoms with Crippen LogP contribution in [0.1, 0.15) is 44.1 Å². The number of nitrogens with two attached hydrogens (primary N) is 1. The molecule has 1 saturated carbocycles. The first-order valence-electron chi connectivity index (χ1n) is 9.16. The number of methoxy groups -OCH3 is 1. The van der Waals surface area contributed by atoms with Gasteiger partial charge in [0.2, 0.25) is 0 Å². The second-order valence-corrected chi connectivity index (χ2v) is 8.16. The Labute approximate surface area is 154 Å². The summed E-state index contributed by atoms with van der Waals surface area (Å²) in [6.07, 6.45) is 7.87. The summed E-state index contributed by atoms with van der Waals surface area (Å²) in [5.74, 6) is 0. The van der Waals surface area contributed by atoms with Crippen molar-refractivity contribution in [2.45, 2.75) is 63.6 Å². The number of rotatable bonds is 4. The molecule has 3 N–H and O–H groups in total. The molecule has 1 heterocycles. The van der Waals surface area contributed by atoms with Crippen molar-refractivity contribution in [2.75, 3.05) is 31.2 Å². The highest BCUT2D eigenvalue weighted by Gasteiger charge is 2.29. The summed E-state index contributed by atoms with van der Waals surface area (Å²) in [6.45, 7) is 4.45. The van der Waals surface area contributed by atoms with Crippen molar-refractivity contribution in [2.24, 2.45) is 0 Å². The maximum absolute atomic E-state index is 6.17. The van der Waals surface area contributed by atoms with Crippen LogP contribution in [-0.2, 0) is 4.74 Å². The Hall–Kier alpha value is -0.780. The number of halogens is 1. The molecule has 4 nitrogen and oxygen atoms in total. The molecule has 1 aliphatic carbocycles. The number of nitrogens with zero attached hydrogens (tertiary/aromatic N) is 1. The fraction of sp³-hybridized carbons (Fsp3) is 0.684. The molecule has 1 aromatic carbocycles. The van der Waals surface area contributed by atoms with Gasteiger partial charge in [0.1, 0.15) is 0 Å². The Bertz CT molecular complexity index is 550. The summed E-state index contributed by atoms with van der Waals surface area (Å²) in [5.41, 5.74) is 9.26. The quantitative estimate of drug-likeness (QED) is 0.750. The van der Waals surface area contributed by atoms with Crippen LogP contribution in [0.15, 0.2) is 16.6 Å². The number of ether oxygens (including phenoxy) is 1. The summed E-state index contributed by atoms with van der Waals surface area (Å²) in [7, 11) is 1.84. The monoisotopic (exact) mass is 395 g/mol. The largest absolute Gasteiger partial charge is 0.397 e. The fourth-order valence-electron chi connectivity index (χ4n) is 4.10. The predicted octanol–water partition coefficient (Wildman–Crippen LogP) is 4.17. The zero-order valence-corrected chi connectivity index (χ0v) is 16.4. The average Bonchev–Trinajstić information content (AvgIpc) is 2.60. The molecule has 0 bridgehead atoms. The third-order valence-electron chi connectivity index (χ3n) is 5.71. The number of piperidine rings is 1. The normalized spacial score (nSPS) is 26.5. The van der Waals surface area contributed by atoms with Gasteiger partial charge < -0.3 is 20.7 Å². The lowest BCUT2D eigenvalue weighted by Crippen LogP contribution is -2.46. The molecule has 0 radical (unpaired) electrons. The van der Waals surface area contributed by atoms with Crippen LogP contribution in [0.25, 0.3) is 0 Å². The van der Waals surface area contributed by atoms with Gasteiger partial charge in [-0.25, -0.2) is 0 Å². The number of hydrogen-bond donors (Lipinski definition) is 2. The molecule has 0 aromatic heterocycles. The smallest absolute Gasteiger partial charge is 0.0587 e. The zero-order valence-electron chi connectivity index (χ0n) is 14.9. The minimum absolute atomic E-state index is 0.489. The van der Waals surface area contributed by atoms with E-state index in [1.54, 1.807) is 0 Å². The fourth-order valence-corrected chi connectivity index (χ4v) is 4.45. The molecule has 1 aromatic rings. The van der Waals surface area contributed by atoms with Crippen molar-refractivity contribution in [3.63, 3.8) is 0 Å². The van der Waals surface area contributed by atoms with Crippen molar-refractivity contribution in [1.29, 1.82) is 0 Å². The first-order valence-corrected chi connectivity index (χ1v) is 9.95. The highest BCUT2D eigenvalue weighted by molar-refractivity contribution is 9.10. The highest BCUT2D eigenvalue weighted by Crippen LogP contribution is 2.30. The lowest BCUT2D eigenvalue weighted by atomic mass is 9.90. The van der Waals surface area contributed by atoms with Crippen LogP contribution >= 0.6 is 15.9 Å². The third kappa shape index (κ3) is 4.24. The Morgan fingerprint density at radius 1 is 1.12 bits per heavy atom. The molecule has 0 amide bonds.